The normalized spacial score (nSPS) is 14.8. The Morgan fingerprint density at radius 2 is 1.69 bits per heavy atom. The van der Waals surface area contributed by atoms with E-state index in [0.29, 0.717) is 17.7 Å². The number of rotatable bonds is 7. The van der Waals surface area contributed by atoms with E-state index >= 15 is 0 Å². The molecule has 4 rings (SSSR count). The van der Waals surface area contributed by atoms with E-state index in [1.165, 1.54) is 6.08 Å². The van der Waals surface area contributed by atoms with Crippen LogP contribution in [0.4, 0.5) is 5.69 Å². The summed E-state index contributed by atoms with van der Waals surface area (Å²) in [6, 6.07) is 25.2. The van der Waals surface area contributed by atoms with Crippen molar-refractivity contribution in [1.82, 2.24) is 0 Å². The summed E-state index contributed by atoms with van der Waals surface area (Å²) in [5.74, 6) is -0.994. The Morgan fingerprint density at radius 1 is 0.943 bits per heavy atom. The van der Waals surface area contributed by atoms with Gasteiger partial charge in [0.2, 0.25) is 5.91 Å². The molecule has 35 heavy (non-hydrogen) atoms. The first-order valence-electron chi connectivity index (χ1n) is 11.9. The first-order chi connectivity index (χ1) is 17.0. The molecule has 2 N–H and O–H groups in total. The fraction of sp³-hybridized carbons (Fsp3) is 0.233. The van der Waals surface area contributed by atoms with Gasteiger partial charge in [-0.2, -0.15) is 5.26 Å². The van der Waals surface area contributed by atoms with Gasteiger partial charge in [-0.1, -0.05) is 67.8 Å². The van der Waals surface area contributed by atoms with Crippen LogP contribution in [0.5, 0.6) is 0 Å². The first kappa shape index (κ1) is 24.0. The zero-order chi connectivity index (χ0) is 24.7. The number of hydrogen-bond donors (Lipinski definition) is 2. The summed E-state index contributed by atoms with van der Waals surface area (Å²) in [5, 5.41) is 21.1. The molecule has 0 bridgehead atoms. The van der Waals surface area contributed by atoms with Crippen molar-refractivity contribution < 1.29 is 14.7 Å². The summed E-state index contributed by atoms with van der Waals surface area (Å²) >= 11 is 0. The van der Waals surface area contributed by atoms with Gasteiger partial charge < -0.3 is 10.4 Å². The molecule has 1 fully saturated rings. The third-order valence-corrected chi connectivity index (χ3v) is 6.68. The van der Waals surface area contributed by atoms with Crippen LogP contribution in [0, 0.1) is 16.7 Å². The fourth-order valence-corrected chi connectivity index (χ4v) is 4.84. The van der Waals surface area contributed by atoms with Crippen molar-refractivity contribution in [3.05, 3.63) is 95.6 Å². The second kappa shape index (κ2) is 10.8. The second-order valence-electron chi connectivity index (χ2n) is 9.16. The Hall–Kier alpha value is -4.17. The van der Waals surface area contributed by atoms with Gasteiger partial charge in [-0.15, -0.1) is 0 Å². The minimum atomic E-state index is -1.01. The smallest absolute Gasteiger partial charge is 0.328 e. The molecule has 0 radical (unpaired) electrons. The number of carboxylic acids is 1. The van der Waals surface area contributed by atoms with E-state index in [1.54, 1.807) is 18.2 Å². The maximum atomic E-state index is 13.6. The Balaban J connectivity index is 1.53. The van der Waals surface area contributed by atoms with Crippen LogP contribution in [-0.2, 0) is 16.0 Å². The van der Waals surface area contributed by atoms with Gasteiger partial charge in [0.25, 0.3) is 0 Å². The molecule has 0 aromatic heterocycles. The molecular weight excluding hydrogens is 436 g/mol. The molecule has 0 spiro atoms. The van der Waals surface area contributed by atoms with Gasteiger partial charge in [-0.25, -0.2) is 4.79 Å². The molecule has 0 aliphatic heterocycles. The standard InChI is InChI=1S/C30H28N2O3/c31-21-24-7-4-8-26(18-24)25-13-10-23(11-14-25)20-30(16-2-1-3-17-30)29(35)32-27-9-5-6-22(19-27)12-15-28(33)34/h4-15,18-19H,1-3,16-17,20H2,(H,32,35)(H,33,34)/b15-12+. The molecule has 0 saturated heterocycles. The molecule has 1 aliphatic carbocycles. The largest absolute Gasteiger partial charge is 0.478 e. The predicted octanol–water partition coefficient (Wildman–Crippen LogP) is 6.45. The van der Waals surface area contributed by atoms with Crippen molar-refractivity contribution in [3.8, 4) is 17.2 Å². The van der Waals surface area contributed by atoms with Crippen LogP contribution < -0.4 is 5.32 Å². The summed E-state index contributed by atoms with van der Waals surface area (Å²) < 4.78 is 0. The van der Waals surface area contributed by atoms with Crippen LogP contribution in [0.15, 0.2) is 78.9 Å². The fourth-order valence-electron chi connectivity index (χ4n) is 4.84. The lowest BCUT2D eigenvalue weighted by Gasteiger charge is -2.36. The number of carbonyl (C=O) groups excluding carboxylic acids is 1. The van der Waals surface area contributed by atoms with Gasteiger partial charge >= 0.3 is 5.97 Å². The average Bonchev–Trinajstić information content (AvgIpc) is 2.89. The number of carbonyl (C=O) groups is 2. The highest BCUT2D eigenvalue weighted by atomic mass is 16.4. The van der Waals surface area contributed by atoms with E-state index in [4.69, 9.17) is 5.11 Å². The summed E-state index contributed by atoms with van der Waals surface area (Å²) in [4.78, 5) is 24.4. The van der Waals surface area contributed by atoms with E-state index in [1.807, 2.05) is 30.3 Å². The number of nitriles is 1. The van der Waals surface area contributed by atoms with Crippen LogP contribution in [0.3, 0.4) is 0 Å². The molecule has 0 heterocycles. The molecule has 176 valence electrons. The Labute approximate surface area is 205 Å². The lowest BCUT2D eigenvalue weighted by Crippen LogP contribution is -2.40. The van der Waals surface area contributed by atoms with Crippen LogP contribution in [0.25, 0.3) is 17.2 Å². The van der Waals surface area contributed by atoms with Gasteiger partial charge in [-0.3, -0.25) is 4.79 Å². The molecule has 1 aliphatic rings. The van der Waals surface area contributed by atoms with Gasteiger partial charge in [0.05, 0.1) is 17.0 Å². The molecule has 3 aromatic carbocycles. The highest BCUT2D eigenvalue weighted by Gasteiger charge is 2.39. The van der Waals surface area contributed by atoms with Crippen molar-refractivity contribution in [3.63, 3.8) is 0 Å². The second-order valence-corrected chi connectivity index (χ2v) is 9.16. The van der Waals surface area contributed by atoms with Crippen molar-refractivity contribution in [2.24, 2.45) is 5.41 Å². The van der Waals surface area contributed by atoms with Crippen LogP contribution in [0.2, 0.25) is 0 Å². The number of benzene rings is 3. The van der Waals surface area contributed by atoms with E-state index in [9.17, 15) is 14.9 Å². The molecule has 1 amide bonds. The zero-order valence-electron chi connectivity index (χ0n) is 19.5. The lowest BCUT2D eigenvalue weighted by atomic mass is 9.69. The third kappa shape index (κ3) is 6.04. The quantitative estimate of drug-likeness (QED) is 0.393. The van der Waals surface area contributed by atoms with E-state index in [0.717, 1.165) is 60.4 Å². The van der Waals surface area contributed by atoms with Crippen molar-refractivity contribution in [1.29, 1.82) is 5.26 Å². The van der Waals surface area contributed by atoms with E-state index in [-0.39, 0.29) is 5.91 Å². The van der Waals surface area contributed by atoms with Crippen LogP contribution in [-0.4, -0.2) is 17.0 Å². The van der Waals surface area contributed by atoms with E-state index in [2.05, 4.69) is 35.7 Å². The minimum Gasteiger partial charge on any atom is -0.478 e. The van der Waals surface area contributed by atoms with Crippen molar-refractivity contribution in [2.45, 2.75) is 38.5 Å². The summed E-state index contributed by atoms with van der Waals surface area (Å²) in [5.41, 5.74) is 4.69. The zero-order valence-corrected chi connectivity index (χ0v) is 19.5. The lowest BCUT2D eigenvalue weighted by molar-refractivity contribution is -0.131. The molecular formula is C30H28N2O3. The van der Waals surface area contributed by atoms with Crippen molar-refractivity contribution >= 4 is 23.6 Å². The first-order valence-corrected chi connectivity index (χ1v) is 11.9. The number of hydrogen-bond acceptors (Lipinski definition) is 3. The maximum Gasteiger partial charge on any atom is 0.328 e. The summed E-state index contributed by atoms with van der Waals surface area (Å²) in [6.07, 6.45) is 8.12. The Kier molecular flexibility index (Phi) is 7.42. The molecule has 1 saturated carbocycles. The number of anilines is 1. The number of carboxylic acid groups (broad SMARTS) is 1. The highest BCUT2D eigenvalue weighted by Crippen LogP contribution is 2.40. The van der Waals surface area contributed by atoms with Gasteiger partial charge in [0, 0.05) is 11.8 Å². The average molecular weight is 465 g/mol. The number of aliphatic carboxylic acids is 1. The maximum absolute atomic E-state index is 13.6. The molecule has 5 nitrogen and oxygen atoms in total. The molecule has 0 unspecified atom stereocenters. The topological polar surface area (TPSA) is 90.2 Å². The SMILES string of the molecule is N#Cc1cccc(-c2ccc(CC3(C(=O)Nc4cccc(/C=C/C(=O)O)c4)CCCCC3)cc2)c1. The summed E-state index contributed by atoms with van der Waals surface area (Å²) in [6.45, 7) is 0. The van der Waals surface area contributed by atoms with Gasteiger partial charge in [0.1, 0.15) is 0 Å². The summed E-state index contributed by atoms with van der Waals surface area (Å²) in [7, 11) is 0. The van der Waals surface area contributed by atoms with Gasteiger partial charge in [0.15, 0.2) is 0 Å². The Morgan fingerprint density at radius 3 is 2.40 bits per heavy atom. The highest BCUT2D eigenvalue weighted by molar-refractivity contribution is 5.96. The van der Waals surface area contributed by atoms with Gasteiger partial charge in [-0.05, 0) is 71.9 Å². The Bertz CT molecular complexity index is 1280. The molecule has 3 aromatic rings. The van der Waals surface area contributed by atoms with Crippen LogP contribution >= 0.6 is 0 Å². The van der Waals surface area contributed by atoms with E-state index < -0.39 is 11.4 Å². The van der Waals surface area contributed by atoms with Crippen LogP contribution in [0.1, 0.15) is 48.8 Å². The number of nitrogens with zero attached hydrogens (tertiary/aromatic N) is 1. The monoisotopic (exact) mass is 464 g/mol. The third-order valence-electron chi connectivity index (χ3n) is 6.68. The molecule has 5 heteroatoms. The minimum absolute atomic E-state index is 0.0161. The number of amides is 1. The predicted molar refractivity (Wildman–Crippen MR) is 138 cm³/mol. The molecule has 0 atom stereocenters. The number of nitrogens with one attached hydrogen (secondary N) is 1. The van der Waals surface area contributed by atoms with Crippen molar-refractivity contribution in [2.75, 3.05) is 5.32 Å².